The molecule has 0 spiro atoms. The maximum Gasteiger partial charge on any atom is 0.269 e. The van der Waals surface area contributed by atoms with Gasteiger partial charge in [-0.2, -0.15) is 0 Å². The predicted molar refractivity (Wildman–Crippen MR) is 116 cm³/mol. The zero-order valence-electron chi connectivity index (χ0n) is 16.8. The van der Waals surface area contributed by atoms with Gasteiger partial charge >= 0.3 is 0 Å². The number of non-ortho nitro benzene ring substituents is 1. The Bertz CT molecular complexity index is 1220. The third kappa shape index (κ3) is 4.37. The van der Waals surface area contributed by atoms with Crippen molar-refractivity contribution >= 4 is 22.6 Å². The van der Waals surface area contributed by atoms with Crippen molar-refractivity contribution in [3.63, 3.8) is 0 Å². The molecular formula is C23H20N4O4. The van der Waals surface area contributed by atoms with Crippen LogP contribution in [-0.2, 0) is 11.8 Å². The van der Waals surface area contributed by atoms with Gasteiger partial charge in [-0.1, -0.05) is 42.5 Å². The van der Waals surface area contributed by atoms with Gasteiger partial charge in [0.25, 0.3) is 11.6 Å². The maximum absolute atomic E-state index is 12.7. The van der Waals surface area contributed by atoms with Crippen LogP contribution in [-0.4, -0.2) is 27.0 Å². The second-order valence-corrected chi connectivity index (χ2v) is 6.97. The van der Waals surface area contributed by atoms with Crippen LogP contribution >= 0.6 is 0 Å². The number of nitro benzene ring substituents is 1. The van der Waals surface area contributed by atoms with Gasteiger partial charge in [0.2, 0.25) is 0 Å². The van der Waals surface area contributed by atoms with Crippen molar-refractivity contribution in [2.75, 3.05) is 6.61 Å². The van der Waals surface area contributed by atoms with Crippen LogP contribution in [0.15, 0.2) is 78.9 Å². The summed E-state index contributed by atoms with van der Waals surface area (Å²) < 4.78 is 7.47. The number of aromatic nitrogens is 2. The standard InChI is InChI=1S/C23H20N4O4/c1-26-20-10-6-5-9-19(20)24-23(26)22(16-7-3-2-4-8-16)25-21(28)15-31-18-13-11-17(12-14-18)27(29)30/h2-14,22H,15H2,1H3,(H,25,28). The highest BCUT2D eigenvalue weighted by Gasteiger charge is 2.22. The Kier molecular flexibility index (Phi) is 5.61. The molecule has 1 heterocycles. The fourth-order valence-electron chi connectivity index (χ4n) is 3.38. The summed E-state index contributed by atoms with van der Waals surface area (Å²) >= 11 is 0. The lowest BCUT2D eigenvalue weighted by Gasteiger charge is -2.19. The summed E-state index contributed by atoms with van der Waals surface area (Å²) in [5.41, 5.74) is 2.67. The minimum Gasteiger partial charge on any atom is -0.484 e. The van der Waals surface area contributed by atoms with Crippen LogP contribution in [0, 0.1) is 10.1 Å². The van der Waals surface area contributed by atoms with Gasteiger partial charge in [-0.3, -0.25) is 14.9 Å². The van der Waals surface area contributed by atoms with Gasteiger partial charge in [-0.15, -0.1) is 0 Å². The molecule has 0 saturated carbocycles. The summed E-state index contributed by atoms with van der Waals surface area (Å²) in [6.45, 7) is -0.231. The van der Waals surface area contributed by atoms with E-state index in [1.807, 2.05) is 66.2 Å². The summed E-state index contributed by atoms with van der Waals surface area (Å²) in [6, 6.07) is 22.5. The Morgan fingerprint density at radius 3 is 2.42 bits per heavy atom. The van der Waals surface area contributed by atoms with Gasteiger partial charge in [0.05, 0.1) is 16.0 Å². The molecule has 1 unspecified atom stereocenters. The third-order valence-electron chi connectivity index (χ3n) is 4.94. The first-order chi connectivity index (χ1) is 15.0. The predicted octanol–water partition coefficient (Wildman–Crippen LogP) is 3.77. The largest absolute Gasteiger partial charge is 0.484 e. The molecule has 0 radical (unpaired) electrons. The molecule has 8 nitrogen and oxygen atoms in total. The molecule has 0 aliphatic carbocycles. The molecule has 1 N–H and O–H groups in total. The number of carbonyl (C=O) groups is 1. The highest BCUT2D eigenvalue weighted by atomic mass is 16.6. The van der Waals surface area contributed by atoms with E-state index >= 15 is 0 Å². The van der Waals surface area contributed by atoms with Crippen LogP contribution in [0.1, 0.15) is 17.4 Å². The Morgan fingerprint density at radius 2 is 1.74 bits per heavy atom. The molecule has 1 amide bonds. The van der Waals surface area contributed by atoms with E-state index in [-0.39, 0.29) is 18.2 Å². The number of amides is 1. The Hall–Kier alpha value is -4.20. The van der Waals surface area contributed by atoms with Gasteiger partial charge < -0.3 is 14.6 Å². The van der Waals surface area contributed by atoms with Crippen molar-refractivity contribution in [3.05, 3.63) is 100 Å². The Balaban J connectivity index is 1.54. The van der Waals surface area contributed by atoms with E-state index in [4.69, 9.17) is 9.72 Å². The van der Waals surface area contributed by atoms with Crippen molar-refractivity contribution in [2.45, 2.75) is 6.04 Å². The summed E-state index contributed by atoms with van der Waals surface area (Å²) in [4.78, 5) is 27.7. The van der Waals surface area contributed by atoms with Crippen molar-refractivity contribution in [1.82, 2.24) is 14.9 Å². The number of para-hydroxylation sites is 2. The highest BCUT2D eigenvalue weighted by molar-refractivity contribution is 5.79. The third-order valence-corrected chi connectivity index (χ3v) is 4.94. The van der Waals surface area contributed by atoms with E-state index in [2.05, 4.69) is 5.32 Å². The number of benzene rings is 3. The highest BCUT2D eigenvalue weighted by Crippen LogP contribution is 2.25. The van der Waals surface area contributed by atoms with E-state index in [1.54, 1.807) is 0 Å². The fourth-order valence-corrected chi connectivity index (χ4v) is 3.38. The lowest BCUT2D eigenvalue weighted by atomic mass is 10.1. The van der Waals surface area contributed by atoms with E-state index < -0.39 is 11.0 Å². The molecule has 4 rings (SSSR count). The summed E-state index contributed by atoms with van der Waals surface area (Å²) in [7, 11) is 1.92. The number of nitrogens with zero attached hydrogens (tertiary/aromatic N) is 3. The van der Waals surface area contributed by atoms with Crippen molar-refractivity contribution < 1.29 is 14.5 Å². The number of carbonyl (C=O) groups excluding carboxylic acids is 1. The molecule has 31 heavy (non-hydrogen) atoms. The SMILES string of the molecule is Cn1c(C(NC(=O)COc2ccc([N+](=O)[O-])cc2)c2ccccc2)nc2ccccc21. The maximum atomic E-state index is 12.7. The minimum absolute atomic E-state index is 0.0391. The second kappa shape index (κ2) is 8.66. The first-order valence-corrected chi connectivity index (χ1v) is 9.66. The number of fused-ring (bicyclic) bond motifs is 1. The summed E-state index contributed by atoms with van der Waals surface area (Å²) in [5.74, 6) is 0.745. The van der Waals surface area contributed by atoms with Gasteiger partial charge in [0, 0.05) is 19.2 Å². The Labute approximate surface area is 178 Å². The van der Waals surface area contributed by atoms with E-state index in [1.165, 1.54) is 24.3 Å². The lowest BCUT2D eigenvalue weighted by molar-refractivity contribution is -0.384. The molecular weight excluding hydrogens is 396 g/mol. The lowest BCUT2D eigenvalue weighted by Crippen LogP contribution is -2.34. The van der Waals surface area contributed by atoms with E-state index in [9.17, 15) is 14.9 Å². The molecule has 4 aromatic rings. The number of hydrogen-bond donors (Lipinski definition) is 1. The number of imidazole rings is 1. The zero-order valence-corrected chi connectivity index (χ0v) is 16.8. The molecule has 3 aromatic carbocycles. The quantitative estimate of drug-likeness (QED) is 0.365. The molecule has 0 bridgehead atoms. The fraction of sp³-hybridized carbons (Fsp3) is 0.130. The molecule has 0 aliphatic rings. The molecule has 0 fully saturated rings. The number of aryl methyl sites for hydroxylation is 1. The molecule has 156 valence electrons. The summed E-state index contributed by atoms with van der Waals surface area (Å²) in [5, 5.41) is 13.7. The average Bonchev–Trinajstić information content (AvgIpc) is 3.13. The van der Waals surface area contributed by atoms with Crippen LogP contribution in [0.2, 0.25) is 0 Å². The van der Waals surface area contributed by atoms with Crippen LogP contribution < -0.4 is 10.1 Å². The number of rotatable bonds is 7. The van der Waals surface area contributed by atoms with Crippen molar-refractivity contribution in [3.8, 4) is 5.75 Å². The van der Waals surface area contributed by atoms with Gasteiger partial charge in [0.1, 0.15) is 17.6 Å². The van der Waals surface area contributed by atoms with Crippen molar-refractivity contribution in [2.24, 2.45) is 7.05 Å². The first kappa shape index (κ1) is 20.1. The van der Waals surface area contributed by atoms with E-state index in [0.717, 1.165) is 16.6 Å². The van der Waals surface area contributed by atoms with E-state index in [0.29, 0.717) is 11.6 Å². The van der Waals surface area contributed by atoms with Crippen LogP contribution in [0.3, 0.4) is 0 Å². The molecule has 8 heteroatoms. The van der Waals surface area contributed by atoms with Crippen molar-refractivity contribution in [1.29, 1.82) is 0 Å². The smallest absolute Gasteiger partial charge is 0.269 e. The molecule has 0 aliphatic heterocycles. The van der Waals surface area contributed by atoms with Gasteiger partial charge in [-0.05, 0) is 29.8 Å². The van der Waals surface area contributed by atoms with Gasteiger partial charge in [0.15, 0.2) is 6.61 Å². The Morgan fingerprint density at radius 1 is 1.06 bits per heavy atom. The number of ether oxygens (including phenoxy) is 1. The molecule has 1 atom stereocenters. The number of nitro groups is 1. The zero-order chi connectivity index (χ0) is 21.8. The summed E-state index contributed by atoms with van der Waals surface area (Å²) in [6.07, 6.45) is 0. The number of nitrogens with one attached hydrogen (secondary N) is 1. The second-order valence-electron chi connectivity index (χ2n) is 6.97. The first-order valence-electron chi connectivity index (χ1n) is 9.66. The minimum atomic E-state index is -0.488. The average molecular weight is 416 g/mol. The molecule has 1 aromatic heterocycles. The van der Waals surface area contributed by atoms with Crippen LogP contribution in [0.5, 0.6) is 5.75 Å². The monoisotopic (exact) mass is 416 g/mol. The topological polar surface area (TPSA) is 99.3 Å². The van der Waals surface area contributed by atoms with Gasteiger partial charge in [-0.25, -0.2) is 4.98 Å². The number of hydrogen-bond acceptors (Lipinski definition) is 5. The normalized spacial score (nSPS) is 11.8. The van der Waals surface area contributed by atoms with Crippen LogP contribution in [0.25, 0.3) is 11.0 Å². The van der Waals surface area contributed by atoms with Crippen LogP contribution in [0.4, 0.5) is 5.69 Å². The molecule has 0 saturated heterocycles.